The summed E-state index contributed by atoms with van der Waals surface area (Å²) >= 11 is 3.39. The van der Waals surface area contributed by atoms with Gasteiger partial charge in [0.05, 0.1) is 7.11 Å². The Kier molecular flexibility index (Phi) is 6.50. The number of carbonyl (C=O) groups excluding carboxylic acids is 1. The number of nitrogens with one attached hydrogen (secondary N) is 1. The molecule has 0 heterocycles. The number of hydrogen-bond acceptors (Lipinski definition) is 2. The minimum atomic E-state index is -0.0783. The Labute approximate surface area is 116 Å². The molecule has 3 nitrogen and oxygen atoms in total. The molecule has 0 bridgehead atoms. The smallest absolute Gasteiger partial charge is 0.244 e. The molecule has 0 unspecified atom stereocenters. The molecule has 0 saturated heterocycles. The van der Waals surface area contributed by atoms with E-state index in [1.165, 1.54) is 6.08 Å². The standard InChI is InChI=1S/C14H18BrNO2/c1-3-4-9-16-14(17)8-5-11-10-12(15)6-7-13(11)18-2/h5-8,10H,3-4,9H2,1-2H3,(H,16,17)/b8-5+. The summed E-state index contributed by atoms with van der Waals surface area (Å²) < 4.78 is 6.18. The molecule has 1 N–H and O–H groups in total. The van der Waals surface area contributed by atoms with Crippen molar-refractivity contribution in [3.63, 3.8) is 0 Å². The molecular weight excluding hydrogens is 294 g/mol. The second kappa shape index (κ2) is 7.93. The normalized spacial score (nSPS) is 10.6. The zero-order valence-electron chi connectivity index (χ0n) is 10.7. The maximum atomic E-state index is 11.5. The molecule has 0 aromatic heterocycles. The van der Waals surface area contributed by atoms with Crippen LogP contribution < -0.4 is 10.1 Å². The Balaban J connectivity index is 2.65. The largest absolute Gasteiger partial charge is 0.496 e. The van der Waals surface area contributed by atoms with E-state index in [0.717, 1.165) is 35.2 Å². The lowest BCUT2D eigenvalue weighted by molar-refractivity contribution is -0.116. The van der Waals surface area contributed by atoms with Crippen LogP contribution in [0.5, 0.6) is 5.75 Å². The van der Waals surface area contributed by atoms with Crippen LogP contribution in [0.15, 0.2) is 28.7 Å². The van der Waals surface area contributed by atoms with Crippen molar-refractivity contribution >= 4 is 27.9 Å². The first-order chi connectivity index (χ1) is 8.67. The predicted molar refractivity (Wildman–Crippen MR) is 77.6 cm³/mol. The summed E-state index contributed by atoms with van der Waals surface area (Å²) in [5.74, 6) is 0.668. The molecule has 1 aromatic rings. The quantitative estimate of drug-likeness (QED) is 0.646. The molecular formula is C14H18BrNO2. The second-order valence-corrected chi connectivity index (χ2v) is 4.78. The highest BCUT2D eigenvalue weighted by Gasteiger charge is 2.01. The Bertz CT molecular complexity index is 430. The SMILES string of the molecule is CCCCNC(=O)/C=C/c1cc(Br)ccc1OC. The van der Waals surface area contributed by atoms with Gasteiger partial charge in [0.15, 0.2) is 0 Å². The minimum Gasteiger partial charge on any atom is -0.496 e. The van der Waals surface area contributed by atoms with Crippen molar-refractivity contribution in [3.8, 4) is 5.75 Å². The van der Waals surface area contributed by atoms with Crippen molar-refractivity contribution in [2.75, 3.05) is 13.7 Å². The van der Waals surface area contributed by atoms with Crippen LogP contribution in [-0.4, -0.2) is 19.6 Å². The molecule has 4 heteroatoms. The van der Waals surface area contributed by atoms with E-state index in [-0.39, 0.29) is 5.91 Å². The van der Waals surface area contributed by atoms with Crippen molar-refractivity contribution in [2.24, 2.45) is 0 Å². The maximum Gasteiger partial charge on any atom is 0.244 e. The second-order valence-electron chi connectivity index (χ2n) is 3.86. The fraction of sp³-hybridized carbons (Fsp3) is 0.357. The number of methoxy groups -OCH3 is 1. The Morgan fingerprint density at radius 3 is 2.94 bits per heavy atom. The van der Waals surface area contributed by atoms with Crippen LogP contribution in [0.4, 0.5) is 0 Å². The van der Waals surface area contributed by atoms with E-state index >= 15 is 0 Å². The fourth-order valence-electron chi connectivity index (χ4n) is 1.45. The van der Waals surface area contributed by atoms with Crippen molar-refractivity contribution < 1.29 is 9.53 Å². The average Bonchev–Trinajstić information content (AvgIpc) is 2.37. The van der Waals surface area contributed by atoms with Gasteiger partial charge in [-0.15, -0.1) is 0 Å². The van der Waals surface area contributed by atoms with Crippen LogP contribution in [0.25, 0.3) is 6.08 Å². The molecule has 0 radical (unpaired) electrons. The van der Waals surface area contributed by atoms with Gasteiger partial charge < -0.3 is 10.1 Å². The summed E-state index contributed by atoms with van der Waals surface area (Å²) in [5, 5.41) is 2.83. The van der Waals surface area contributed by atoms with Crippen molar-refractivity contribution in [2.45, 2.75) is 19.8 Å². The van der Waals surface area contributed by atoms with Gasteiger partial charge in [0.25, 0.3) is 0 Å². The molecule has 0 aliphatic carbocycles. The lowest BCUT2D eigenvalue weighted by Crippen LogP contribution is -2.21. The zero-order chi connectivity index (χ0) is 13.4. The third-order valence-electron chi connectivity index (χ3n) is 2.44. The third kappa shape index (κ3) is 4.92. The number of rotatable bonds is 6. The summed E-state index contributed by atoms with van der Waals surface area (Å²) in [7, 11) is 1.61. The topological polar surface area (TPSA) is 38.3 Å². The number of benzene rings is 1. The van der Waals surface area contributed by atoms with Gasteiger partial charge in [0.1, 0.15) is 5.75 Å². The van der Waals surface area contributed by atoms with E-state index in [0.29, 0.717) is 0 Å². The van der Waals surface area contributed by atoms with Crippen LogP contribution in [0.1, 0.15) is 25.3 Å². The molecule has 1 amide bonds. The molecule has 18 heavy (non-hydrogen) atoms. The number of halogens is 1. The first kappa shape index (κ1) is 14.8. The molecule has 0 aliphatic heterocycles. The molecule has 1 rings (SSSR count). The van der Waals surface area contributed by atoms with Crippen LogP contribution in [0, 0.1) is 0 Å². The Hall–Kier alpha value is -1.29. The van der Waals surface area contributed by atoms with Gasteiger partial charge in [-0.3, -0.25) is 4.79 Å². The van der Waals surface area contributed by atoms with E-state index in [9.17, 15) is 4.79 Å². The van der Waals surface area contributed by atoms with E-state index in [2.05, 4.69) is 28.2 Å². The van der Waals surface area contributed by atoms with Gasteiger partial charge in [0.2, 0.25) is 5.91 Å². The highest BCUT2D eigenvalue weighted by atomic mass is 79.9. The molecule has 0 atom stereocenters. The van der Waals surface area contributed by atoms with E-state index in [4.69, 9.17) is 4.74 Å². The maximum absolute atomic E-state index is 11.5. The molecule has 0 aliphatic rings. The Morgan fingerprint density at radius 2 is 2.28 bits per heavy atom. The number of amides is 1. The summed E-state index contributed by atoms with van der Waals surface area (Å²) in [6.07, 6.45) is 5.36. The molecule has 0 fully saturated rings. The van der Waals surface area contributed by atoms with Gasteiger partial charge in [0, 0.05) is 22.7 Å². The number of carbonyl (C=O) groups is 1. The predicted octanol–water partition coefficient (Wildman–Crippen LogP) is 3.39. The van der Waals surface area contributed by atoms with E-state index < -0.39 is 0 Å². The zero-order valence-corrected chi connectivity index (χ0v) is 12.3. The first-order valence-electron chi connectivity index (χ1n) is 5.96. The van der Waals surface area contributed by atoms with Gasteiger partial charge >= 0.3 is 0 Å². The monoisotopic (exact) mass is 311 g/mol. The molecule has 98 valence electrons. The number of unbranched alkanes of at least 4 members (excludes halogenated alkanes) is 1. The lowest BCUT2D eigenvalue weighted by atomic mass is 10.2. The molecule has 0 saturated carbocycles. The fourth-order valence-corrected chi connectivity index (χ4v) is 1.83. The van der Waals surface area contributed by atoms with Gasteiger partial charge in [-0.1, -0.05) is 29.3 Å². The van der Waals surface area contributed by atoms with E-state index in [1.807, 2.05) is 18.2 Å². The molecule has 0 spiro atoms. The summed E-state index contributed by atoms with van der Waals surface area (Å²) in [6.45, 7) is 2.81. The first-order valence-corrected chi connectivity index (χ1v) is 6.76. The van der Waals surface area contributed by atoms with Gasteiger partial charge in [-0.2, -0.15) is 0 Å². The Morgan fingerprint density at radius 1 is 1.50 bits per heavy atom. The van der Waals surface area contributed by atoms with Crippen molar-refractivity contribution in [3.05, 3.63) is 34.3 Å². The minimum absolute atomic E-state index is 0.0783. The number of hydrogen-bond donors (Lipinski definition) is 1. The summed E-state index contributed by atoms with van der Waals surface area (Å²) in [5.41, 5.74) is 0.873. The third-order valence-corrected chi connectivity index (χ3v) is 2.93. The number of ether oxygens (including phenoxy) is 1. The van der Waals surface area contributed by atoms with Crippen LogP contribution in [0.3, 0.4) is 0 Å². The molecule has 1 aromatic carbocycles. The van der Waals surface area contributed by atoms with Crippen LogP contribution >= 0.6 is 15.9 Å². The average molecular weight is 312 g/mol. The lowest BCUT2D eigenvalue weighted by Gasteiger charge is -2.05. The highest BCUT2D eigenvalue weighted by Crippen LogP contribution is 2.23. The van der Waals surface area contributed by atoms with E-state index in [1.54, 1.807) is 13.2 Å². The van der Waals surface area contributed by atoms with Crippen molar-refractivity contribution in [1.82, 2.24) is 5.32 Å². The van der Waals surface area contributed by atoms with Crippen LogP contribution in [-0.2, 0) is 4.79 Å². The van der Waals surface area contributed by atoms with Gasteiger partial charge in [-0.25, -0.2) is 0 Å². The van der Waals surface area contributed by atoms with Crippen LogP contribution in [0.2, 0.25) is 0 Å². The van der Waals surface area contributed by atoms with Gasteiger partial charge in [-0.05, 0) is 30.7 Å². The summed E-state index contributed by atoms with van der Waals surface area (Å²) in [6, 6.07) is 5.67. The summed E-state index contributed by atoms with van der Waals surface area (Å²) in [4.78, 5) is 11.5. The highest BCUT2D eigenvalue weighted by molar-refractivity contribution is 9.10. The van der Waals surface area contributed by atoms with Crippen molar-refractivity contribution in [1.29, 1.82) is 0 Å².